The molecular formula is C27H30N6O2. The van der Waals surface area contributed by atoms with Crippen molar-refractivity contribution in [3.8, 4) is 17.0 Å². The van der Waals surface area contributed by atoms with Gasteiger partial charge in [-0.25, -0.2) is 9.97 Å². The van der Waals surface area contributed by atoms with Crippen LogP contribution in [-0.4, -0.2) is 70.4 Å². The van der Waals surface area contributed by atoms with Gasteiger partial charge in [0.2, 0.25) is 0 Å². The number of hydrogen-bond acceptors (Lipinski definition) is 6. The molecule has 1 N–H and O–H groups in total. The maximum absolute atomic E-state index is 13.2. The Labute approximate surface area is 205 Å². The number of methoxy groups -OCH3 is 1. The van der Waals surface area contributed by atoms with Crippen molar-refractivity contribution < 1.29 is 9.53 Å². The predicted octanol–water partition coefficient (Wildman–Crippen LogP) is 4.23. The first-order valence-electron chi connectivity index (χ1n) is 11.9. The van der Waals surface area contributed by atoms with Crippen LogP contribution in [0, 0.1) is 6.92 Å². The van der Waals surface area contributed by atoms with Gasteiger partial charge in [-0.3, -0.25) is 9.20 Å². The van der Waals surface area contributed by atoms with Gasteiger partial charge in [0.15, 0.2) is 11.5 Å². The lowest BCUT2D eigenvalue weighted by Gasteiger charge is -2.22. The molecule has 35 heavy (non-hydrogen) atoms. The number of aryl methyl sites for hydroxylation is 1. The number of hydrogen-bond donors (Lipinski definition) is 1. The fraction of sp³-hybridized carbons (Fsp3) is 0.296. The molecule has 1 aliphatic rings. The van der Waals surface area contributed by atoms with Gasteiger partial charge in [-0.15, -0.1) is 0 Å². The van der Waals surface area contributed by atoms with Crippen molar-refractivity contribution in [2.45, 2.75) is 13.3 Å². The number of ether oxygens (including phenoxy) is 1. The molecule has 2 aromatic heterocycles. The quantitative estimate of drug-likeness (QED) is 0.470. The van der Waals surface area contributed by atoms with Crippen LogP contribution in [-0.2, 0) is 0 Å². The van der Waals surface area contributed by atoms with E-state index in [-0.39, 0.29) is 5.91 Å². The van der Waals surface area contributed by atoms with Crippen molar-refractivity contribution in [2.75, 3.05) is 45.7 Å². The fourth-order valence-corrected chi connectivity index (χ4v) is 4.52. The maximum atomic E-state index is 13.2. The summed E-state index contributed by atoms with van der Waals surface area (Å²) in [6.45, 7) is 5.47. The van der Waals surface area contributed by atoms with Crippen LogP contribution in [0.25, 0.3) is 16.9 Å². The van der Waals surface area contributed by atoms with Gasteiger partial charge in [0.1, 0.15) is 5.75 Å². The summed E-state index contributed by atoms with van der Waals surface area (Å²) in [5, 5.41) is 3.39. The van der Waals surface area contributed by atoms with E-state index < -0.39 is 0 Å². The molecule has 4 aromatic rings. The Bertz CT molecular complexity index is 1350. The average molecular weight is 471 g/mol. The molecule has 180 valence electrons. The van der Waals surface area contributed by atoms with Crippen molar-refractivity contribution in [1.29, 1.82) is 0 Å². The fourth-order valence-electron chi connectivity index (χ4n) is 4.52. The molecule has 1 saturated heterocycles. The highest BCUT2D eigenvalue weighted by Crippen LogP contribution is 2.27. The third-order valence-electron chi connectivity index (χ3n) is 6.54. The molecule has 0 saturated carbocycles. The third kappa shape index (κ3) is 4.70. The van der Waals surface area contributed by atoms with Crippen LogP contribution in [0.4, 0.5) is 11.5 Å². The minimum absolute atomic E-state index is 0.0990. The highest BCUT2D eigenvalue weighted by atomic mass is 16.5. The van der Waals surface area contributed by atoms with E-state index >= 15 is 0 Å². The molecule has 0 atom stereocenters. The van der Waals surface area contributed by atoms with Gasteiger partial charge in [0.25, 0.3) is 5.91 Å². The Balaban J connectivity index is 1.38. The molecule has 1 amide bonds. The molecule has 2 aromatic carbocycles. The Morgan fingerprint density at radius 3 is 2.63 bits per heavy atom. The number of carbonyl (C=O) groups excluding carboxylic acids is 1. The number of aromatic nitrogens is 3. The predicted molar refractivity (Wildman–Crippen MR) is 137 cm³/mol. The maximum Gasteiger partial charge on any atom is 0.254 e. The van der Waals surface area contributed by atoms with E-state index in [1.165, 1.54) is 0 Å². The number of anilines is 2. The van der Waals surface area contributed by atoms with Crippen LogP contribution in [0.5, 0.6) is 5.75 Å². The molecule has 1 aliphatic heterocycles. The van der Waals surface area contributed by atoms with Crippen LogP contribution in [0.1, 0.15) is 22.3 Å². The van der Waals surface area contributed by atoms with Gasteiger partial charge in [-0.2, -0.15) is 0 Å². The van der Waals surface area contributed by atoms with Gasteiger partial charge >= 0.3 is 0 Å². The van der Waals surface area contributed by atoms with Crippen molar-refractivity contribution in [1.82, 2.24) is 24.2 Å². The lowest BCUT2D eigenvalue weighted by atomic mass is 10.1. The Morgan fingerprint density at radius 2 is 1.86 bits per heavy atom. The number of benzene rings is 2. The SMILES string of the molecule is COc1ccc(-c2cnc3c(Nc4ccc(C(=O)N5CCCN(C)CC5)c(C)c4)nccn23)cc1. The highest BCUT2D eigenvalue weighted by Gasteiger charge is 2.20. The second-order valence-corrected chi connectivity index (χ2v) is 8.95. The van der Waals surface area contributed by atoms with Crippen LogP contribution in [0.2, 0.25) is 0 Å². The summed E-state index contributed by atoms with van der Waals surface area (Å²) >= 11 is 0. The minimum Gasteiger partial charge on any atom is -0.497 e. The highest BCUT2D eigenvalue weighted by molar-refractivity contribution is 5.96. The number of nitrogens with one attached hydrogen (secondary N) is 1. The Kier molecular flexibility index (Phi) is 6.37. The zero-order valence-corrected chi connectivity index (χ0v) is 20.4. The molecule has 0 bridgehead atoms. The normalized spacial score (nSPS) is 14.7. The molecule has 1 fully saturated rings. The number of imidazole rings is 1. The number of nitrogens with zero attached hydrogens (tertiary/aromatic N) is 5. The van der Waals surface area contributed by atoms with E-state index in [0.717, 1.165) is 72.1 Å². The van der Waals surface area contributed by atoms with Gasteiger partial charge < -0.3 is 19.9 Å². The third-order valence-corrected chi connectivity index (χ3v) is 6.54. The van der Waals surface area contributed by atoms with E-state index in [4.69, 9.17) is 4.74 Å². The Morgan fingerprint density at radius 1 is 1.03 bits per heavy atom. The number of likely N-dealkylation sites (N-methyl/N-ethyl adjacent to an activating group) is 1. The first-order chi connectivity index (χ1) is 17.0. The first kappa shape index (κ1) is 22.9. The number of carbonyl (C=O) groups is 1. The van der Waals surface area contributed by atoms with Crippen molar-refractivity contribution in [3.63, 3.8) is 0 Å². The molecule has 0 unspecified atom stereocenters. The zero-order chi connectivity index (χ0) is 24.4. The standard InChI is InChI=1S/C27H30N6O2/c1-19-17-21(7-10-23(19)27(34)32-13-4-12-31(2)15-16-32)30-25-26-29-18-24(33(26)14-11-28-25)20-5-8-22(35-3)9-6-20/h5-11,14,17-18H,4,12-13,15-16H2,1-3H3,(H,28,30). The molecule has 5 rings (SSSR count). The monoisotopic (exact) mass is 470 g/mol. The molecule has 8 nitrogen and oxygen atoms in total. The summed E-state index contributed by atoms with van der Waals surface area (Å²) in [5.41, 5.74) is 5.27. The lowest BCUT2D eigenvalue weighted by Crippen LogP contribution is -2.34. The second kappa shape index (κ2) is 9.76. The van der Waals surface area contributed by atoms with Gasteiger partial charge in [0, 0.05) is 48.8 Å². The van der Waals surface area contributed by atoms with Gasteiger partial charge in [0.05, 0.1) is 19.0 Å². The van der Waals surface area contributed by atoms with Crippen LogP contribution in [0.3, 0.4) is 0 Å². The van der Waals surface area contributed by atoms with Crippen LogP contribution < -0.4 is 10.1 Å². The molecule has 8 heteroatoms. The number of rotatable bonds is 5. The molecule has 3 heterocycles. The van der Waals surface area contributed by atoms with E-state index in [1.54, 1.807) is 13.3 Å². The summed E-state index contributed by atoms with van der Waals surface area (Å²) in [7, 11) is 3.76. The van der Waals surface area contributed by atoms with Crippen LogP contribution in [0.15, 0.2) is 61.1 Å². The smallest absolute Gasteiger partial charge is 0.254 e. The Hall–Kier alpha value is -3.91. The summed E-state index contributed by atoms with van der Waals surface area (Å²) in [6.07, 6.45) is 6.50. The van der Waals surface area contributed by atoms with Gasteiger partial charge in [-0.05, 0) is 75.0 Å². The average Bonchev–Trinajstić information content (AvgIpc) is 3.19. The van der Waals surface area contributed by atoms with E-state index in [9.17, 15) is 4.79 Å². The van der Waals surface area contributed by atoms with Crippen molar-refractivity contribution >= 4 is 23.1 Å². The van der Waals surface area contributed by atoms with E-state index in [0.29, 0.717) is 5.82 Å². The largest absolute Gasteiger partial charge is 0.497 e. The summed E-state index contributed by atoms with van der Waals surface area (Å²) < 4.78 is 7.28. The number of amides is 1. The molecule has 0 radical (unpaired) electrons. The summed E-state index contributed by atoms with van der Waals surface area (Å²) in [5.74, 6) is 1.57. The topological polar surface area (TPSA) is 75.0 Å². The minimum atomic E-state index is 0.0990. The first-order valence-corrected chi connectivity index (χ1v) is 11.9. The van der Waals surface area contributed by atoms with Crippen molar-refractivity contribution in [3.05, 3.63) is 72.2 Å². The zero-order valence-electron chi connectivity index (χ0n) is 20.4. The van der Waals surface area contributed by atoms with Gasteiger partial charge in [-0.1, -0.05) is 0 Å². The van der Waals surface area contributed by atoms with Crippen LogP contribution >= 0.6 is 0 Å². The summed E-state index contributed by atoms with van der Waals surface area (Å²) in [6, 6.07) is 13.7. The number of fused-ring (bicyclic) bond motifs is 1. The lowest BCUT2D eigenvalue weighted by molar-refractivity contribution is 0.0762. The summed E-state index contributed by atoms with van der Waals surface area (Å²) in [4.78, 5) is 26.5. The van der Waals surface area contributed by atoms with E-state index in [1.807, 2.05) is 71.1 Å². The molecule has 0 spiro atoms. The molecular weight excluding hydrogens is 440 g/mol. The second-order valence-electron chi connectivity index (χ2n) is 8.95. The van der Waals surface area contributed by atoms with E-state index in [2.05, 4.69) is 27.2 Å². The molecule has 0 aliphatic carbocycles. The van der Waals surface area contributed by atoms with Crippen molar-refractivity contribution in [2.24, 2.45) is 0 Å².